The molecule has 15 nitrogen and oxygen atoms in total. The third-order valence-electron chi connectivity index (χ3n) is 3.63. The van der Waals surface area contributed by atoms with Gasteiger partial charge in [-0.3, -0.25) is 14.1 Å². The summed E-state index contributed by atoms with van der Waals surface area (Å²) in [4.78, 5) is 49.8. The van der Waals surface area contributed by atoms with Crippen molar-refractivity contribution >= 4 is 35.7 Å². The van der Waals surface area contributed by atoms with Crippen LogP contribution in [0.2, 0.25) is 0 Å². The number of hydrogen-bond donors (Lipinski definition) is 6. The molecule has 19 heteroatoms. The average molecular weight is 498 g/mol. The Balaban J connectivity index is 2.06. The number of phosphoric acid groups is 3. The van der Waals surface area contributed by atoms with Gasteiger partial charge >= 0.3 is 29.2 Å². The maximum Gasteiger partial charge on any atom is 0.490 e. The van der Waals surface area contributed by atoms with Crippen LogP contribution >= 0.6 is 35.7 Å². The summed E-state index contributed by atoms with van der Waals surface area (Å²) >= 11 is 4.81. The van der Waals surface area contributed by atoms with E-state index in [1.54, 1.807) is 0 Å². The standard InChI is InChI=1S/C10H17N2O13P3S/c1-5-8(13)6(23-9(5)12-3-2-7(29)11-10(12)14)4-22-27(18,19)25-28(20,21)24-26(15,16)17/h2-3,5-6,8-9,13H,4H2,1H3,(H,18,19)(H,20,21)(H,11,14,29)(H2,15,16,17)/t5-,6+,8?,9+/m0/s1. The number of hydrogen-bond acceptors (Lipinski definition) is 10. The van der Waals surface area contributed by atoms with Gasteiger partial charge in [0.15, 0.2) is 0 Å². The fourth-order valence-electron chi connectivity index (χ4n) is 2.45. The summed E-state index contributed by atoms with van der Waals surface area (Å²) in [5.41, 5.74) is -0.630. The fourth-order valence-corrected chi connectivity index (χ4v) is 5.62. The van der Waals surface area contributed by atoms with Crippen molar-refractivity contribution in [2.75, 3.05) is 6.61 Å². The molecule has 1 aromatic heterocycles. The van der Waals surface area contributed by atoms with Crippen molar-refractivity contribution in [3.63, 3.8) is 0 Å². The Morgan fingerprint density at radius 2 is 1.83 bits per heavy atom. The molecule has 0 saturated carbocycles. The Bertz CT molecular complexity index is 1000. The summed E-state index contributed by atoms with van der Waals surface area (Å²) in [6.45, 7) is 0.678. The third-order valence-corrected chi connectivity index (χ3v) is 7.67. The lowest BCUT2D eigenvalue weighted by atomic mass is 10.0. The number of aliphatic hydroxyl groups excluding tert-OH is 1. The molecule has 0 aliphatic carbocycles. The van der Waals surface area contributed by atoms with Gasteiger partial charge in [-0.15, -0.1) is 0 Å². The molecule has 1 saturated heterocycles. The van der Waals surface area contributed by atoms with Gasteiger partial charge < -0.3 is 29.4 Å². The Morgan fingerprint density at radius 3 is 2.38 bits per heavy atom. The molecule has 29 heavy (non-hydrogen) atoms. The molecule has 3 unspecified atom stereocenters. The molecule has 2 heterocycles. The molecule has 0 aromatic carbocycles. The summed E-state index contributed by atoms with van der Waals surface area (Å²) in [5.74, 6) is -0.688. The van der Waals surface area contributed by atoms with Crippen molar-refractivity contribution in [2.45, 2.75) is 25.4 Å². The zero-order valence-corrected chi connectivity index (χ0v) is 17.9. The number of rotatable bonds is 8. The number of ether oxygens (including phenoxy) is 1. The van der Waals surface area contributed by atoms with Crippen LogP contribution in [0.3, 0.4) is 0 Å². The number of nitrogens with zero attached hydrogens (tertiary/aromatic N) is 1. The van der Waals surface area contributed by atoms with Crippen molar-refractivity contribution in [1.29, 1.82) is 0 Å². The number of aromatic amines is 1. The van der Waals surface area contributed by atoms with E-state index in [1.807, 2.05) is 0 Å². The van der Waals surface area contributed by atoms with Gasteiger partial charge in [0, 0.05) is 12.1 Å². The molecule has 0 bridgehead atoms. The average Bonchev–Trinajstić information content (AvgIpc) is 2.78. The Morgan fingerprint density at radius 1 is 1.21 bits per heavy atom. The Hall–Kier alpha value is -0.570. The van der Waals surface area contributed by atoms with Crippen LogP contribution in [0.4, 0.5) is 0 Å². The van der Waals surface area contributed by atoms with E-state index in [9.17, 15) is 28.5 Å². The molecular formula is C10H17N2O13P3S. The van der Waals surface area contributed by atoms with E-state index in [2.05, 4.69) is 18.1 Å². The Kier molecular flexibility index (Phi) is 7.57. The minimum atomic E-state index is -5.66. The first-order valence-corrected chi connectivity index (χ1v) is 12.5. The molecule has 2 rings (SSSR count). The predicted molar refractivity (Wildman–Crippen MR) is 94.8 cm³/mol. The lowest BCUT2D eigenvalue weighted by Gasteiger charge is -2.19. The van der Waals surface area contributed by atoms with E-state index >= 15 is 0 Å². The zero-order chi connectivity index (χ0) is 22.2. The van der Waals surface area contributed by atoms with Gasteiger partial charge in [0.05, 0.1) is 12.7 Å². The highest BCUT2D eigenvalue weighted by molar-refractivity contribution is 7.71. The summed E-state index contributed by atoms with van der Waals surface area (Å²) in [5, 5.41) is 10.2. The van der Waals surface area contributed by atoms with Gasteiger partial charge in [-0.25, -0.2) is 18.5 Å². The highest BCUT2D eigenvalue weighted by atomic mass is 32.1. The van der Waals surface area contributed by atoms with Gasteiger partial charge in [0.25, 0.3) is 0 Å². The monoisotopic (exact) mass is 498 g/mol. The molecule has 6 N–H and O–H groups in total. The fraction of sp³-hybridized carbons (Fsp3) is 0.600. The van der Waals surface area contributed by atoms with Gasteiger partial charge in [-0.2, -0.15) is 8.62 Å². The first kappa shape index (κ1) is 24.7. The van der Waals surface area contributed by atoms with Crippen molar-refractivity contribution in [2.24, 2.45) is 5.92 Å². The van der Waals surface area contributed by atoms with Crippen LogP contribution in [0.5, 0.6) is 0 Å². The number of aromatic nitrogens is 2. The van der Waals surface area contributed by atoms with E-state index < -0.39 is 60.1 Å². The van der Waals surface area contributed by atoms with Crippen LogP contribution in [0.1, 0.15) is 13.2 Å². The van der Waals surface area contributed by atoms with E-state index in [1.165, 1.54) is 19.2 Å². The summed E-state index contributed by atoms with van der Waals surface area (Å²) in [6, 6.07) is 1.40. The van der Waals surface area contributed by atoms with Crippen LogP contribution in [-0.2, 0) is 31.6 Å². The van der Waals surface area contributed by atoms with E-state index in [0.29, 0.717) is 0 Å². The zero-order valence-electron chi connectivity index (χ0n) is 14.4. The highest BCUT2D eigenvalue weighted by Gasteiger charge is 2.45. The highest BCUT2D eigenvalue weighted by Crippen LogP contribution is 2.66. The normalized spacial score (nSPS) is 29.3. The maximum absolute atomic E-state index is 12.0. The summed E-state index contributed by atoms with van der Waals surface area (Å²) in [6.07, 6.45) is -2.24. The van der Waals surface area contributed by atoms with E-state index in [-0.39, 0.29) is 4.64 Å². The molecule has 6 atom stereocenters. The van der Waals surface area contributed by atoms with Gasteiger partial charge in [-0.05, 0) is 6.07 Å². The lowest BCUT2D eigenvalue weighted by Crippen LogP contribution is -2.30. The topological polar surface area (TPSA) is 227 Å². The van der Waals surface area contributed by atoms with E-state index in [4.69, 9.17) is 31.6 Å². The van der Waals surface area contributed by atoms with Crippen LogP contribution in [0.15, 0.2) is 17.1 Å². The quantitative estimate of drug-likeness (QED) is 0.207. The number of nitrogens with one attached hydrogen (secondary N) is 1. The maximum atomic E-state index is 12.0. The van der Waals surface area contributed by atoms with Gasteiger partial charge in [-0.1, -0.05) is 19.1 Å². The molecule has 0 spiro atoms. The first-order valence-electron chi connectivity index (χ1n) is 7.53. The van der Waals surface area contributed by atoms with Gasteiger partial charge in [0.2, 0.25) is 0 Å². The minimum absolute atomic E-state index is 0.168. The Labute approximate surface area is 167 Å². The third kappa shape index (κ3) is 6.97. The van der Waals surface area contributed by atoms with Crippen molar-refractivity contribution < 1.29 is 56.3 Å². The largest absolute Gasteiger partial charge is 0.490 e. The lowest BCUT2D eigenvalue weighted by molar-refractivity contribution is -0.0467. The molecule has 1 aliphatic heterocycles. The van der Waals surface area contributed by atoms with Crippen molar-refractivity contribution in [3.8, 4) is 0 Å². The molecule has 1 fully saturated rings. The van der Waals surface area contributed by atoms with Gasteiger partial charge in [0.1, 0.15) is 17.0 Å². The van der Waals surface area contributed by atoms with Crippen LogP contribution in [0, 0.1) is 10.6 Å². The van der Waals surface area contributed by atoms with Crippen molar-refractivity contribution in [3.05, 3.63) is 27.4 Å². The van der Waals surface area contributed by atoms with E-state index in [0.717, 1.165) is 4.57 Å². The number of phosphoric ester groups is 1. The summed E-state index contributed by atoms with van der Waals surface area (Å²) in [7, 11) is -16.5. The molecule has 1 aromatic rings. The molecule has 1 aliphatic rings. The summed E-state index contributed by atoms with van der Waals surface area (Å²) < 4.78 is 51.9. The SMILES string of the molecule is C[C@H]1C(O)[C@@H](COP(=O)(O)OP(=O)(O)OP(=O)(O)O)O[C@H]1n1ccc(=S)[nH]c1=O. The predicted octanol–water partition coefficient (Wildman–Crippen LogP) is 0.144. The molecule has 166 valence electrons. The van der Waals surface area contributed by atoms with Crippen molar-refractivity contribution in [1.82, 2.24) is 9.55 Å². The minimum Gasteiger partial charge on any atom is -0.390 e. The molecule has 0 amide bonds. The van der Waals surface area contributed by atoms with Crippen LogP contribution < -0.4 is 5.69 Å². The molecular weight excluding hydrogens is 481 g/mol. The smallest absolute Gasteiger partial charge is 0.390 e. The second-order valence-corrected chi connectivity index (χ2v) is 10.7. The van der Waals surface area contributed by atoms with Crippen LogP contribution in [-0.4, -0.2) is 53.0 Å². The second kappa shape index (κ2) is 8.89. The second-order valence-electron chi connectivity index (χ2n) is 5.82. The number of H-pyrrole nitrogens is 1. The first-order chi connectivity index (χ1) is 13.1. The van der Waals surface area contributed by atoms with Crippen LogP contribution in [0.25, 0.3) is 0 Å². The number of aliphatic hydroxyl groups is 1. The molecule has 0 radical (unpaired) electrons.